The van der Waals surface area contributed by atoms with Gasteiger partial charge in [-0.15, -0.1) is 0 Å². The van der Waals surface area contributed by atoms with Gasteiger partial charge in [0.2, 0.25) is 0 Å². The van der Waals surface area contributed by atoms with E-state index in [-0.39, 0.29) is 42.0 Å². The number of carbonyl (C=O) groups excluding carboxylic acids is 5. The Morgan fingerprint density at radius 3 is 2.38 bits per heavy atom. The molecule has 1 atom stereocenters. The zero-order valence-corrected chi connectivity index (χ0v) is 19.6. The second kappa shape index (κ2) is 13.1. The molecule has 1 saturated carbocycles. The predicted octanol–water partition coefficient (Wildman–Crippen LogP) is 3.69. The third-order valence-corrected chi connectivity index (χ3v) is 6.21. The number of unbranched alkanes of at least 4 members (excludes halogenated alkanes) is 4. The fourth-order valence-corrected chi connectivity index (χ4v) is 4.30. The highest BCUT2D eigenvalue weighted by atomic mass is 16.5. The molecule has 2 aliphatic rings. The fourth-order valence-electron chi connectivity index (χ4n) is 4.30. The van der Waals surface area contributed by atoms with Crippen LogP contribution in [0.25, 0.3) is 0 Å². The summed E-state index contributed by atoms with van der Waals surface area (Å²) in [5.41, 5.74) is 0.510. The van der Waals surface area contributed by atoms with E-state index in [1.807, 2.05) is 0 Å². The van der Waals surface area contributed by atoms with Crippen LogP contribution in [0.3, 0.4) is 0 Å². The number of hydrogen-bond donors (Lipinski definition) is 0. The molecule has 1 aromatic carbocycles. The van der Waals surface area contributed by atoms with Gasteiger partial charge in [-0.1, -0.05) is 0 Å². The number of benzene rings is 1. The molecule has 0 aromatic heterocycles. The Kier molecular flexibility index (Phi) is 9.94. The lowest BCUT2D eigenvalue weighted by Gasteiger charge is -2.26. The van der Waals surface area contributed by atoms with Crippen LogP contribution in [0.5, 0.6) is 5.75 Å². The lowest BCUT2D eigenvalue weighted by molar-refractivity contribution is -0.126. The Hall–Kier alpha value is -2.87. The third kappa shape index (κ3) is 6.82. The lowest BCUT2D eigenvalue weighted by atomic mass is 9.94. The third-order valence-electron chi connectivity index (χ3n) is 6.21. The first kappa shape index (κ1) is 25.7. The first-order chi connectivity index (χ1) is 16.5. The van der Waals surface area contributed by atoms with Crippen LogP contribution in [0.1, 0.15) is 91.3 Å². The van der Waals surface area contributed by atoms with E-state index in [0.717, 1.165) is 43.3 Å². The molecule has 0 spiro atoms. The maximum atomic E-state index is 13.0. The van der Waals surface area contributed by atoms with E-state index < -0.39 is 17.9 Å². The van der Waals surface area contributed by atoms with Gasteiger partial charge in [-0.2, -0.15) is 0 Å². The maximum absolute atomic E-state index is 13.0. The summed E-state index contributed by atoms with van der Waals surface area (Å²) < 4.78 is 11.3. The summed E-state index contributed by atoms with van der Waals surface area (Å²) >= 11 is 0. The Balaban J connectivity index is 1.46. The van der Waals surface area contributed by atoms with Gasteiger partial charge in [-0.05, 0) is 63.1 Å². The van der Waals surface area contributed by atoms with Crippen LogP contribution in [0.4, 0.5) is 0 Å². The molecule has 1 fully saturated rings. The van der Waals surface area contributed by atoms with Crippen LogP contribution in [0.2, 0.25) is 0 Å². The number of aldehydes is 1. The monoisotopic (exact) mass is 471 g/mol. The number of Topliss-reactive ketones (excluding diaryl/α,β-unsaturated/α-hetero) is 2. The van der Waals surface area contributed by atoms with Crippen molar-refractivity contribution in [2.24, 2.45) is 0 Å². The van der Waals surface area contributed by atoms with Crippen LogP contribution in [-0.2, 0) is 19.1 Å². The van der Waals surface area contributed by atoms with E-state index in [9.17, 15) is 24.0 Å². The quantitative estimate of drug-likeness (QED) is 0.245. The van der Waals surface area contributed by atoms with Gasteiger partial charge in [0.25, 0.3) is 11.8 Å². The van der Waals surface area contributed by atoms with Crippen LogP contribution in [0.15, 0.2) is 18.2 Å². The largest absolute Gasteiger partial charge is 0.494 e. The summed E-state index contributed by atoms with van der Waals surface area (Å²) in [6, 6.07) is 3.92. The van der Waals surface area contributed by atoms with Crippen molar-refractivity contribution in [3.63, 3.8) is 0 Å². The van der Waals surface area contributed by atoms with Crippen molar-refractivity contribution in [2.45, 2.75) is 76.7 Å². The molecule has 1 aliphatic carbocycles. The van der Waals surface area contributed by atoms with Gasteiger partial charge >= 0.3 is 0 Å². The van der Waals surface area contributed by atoms with E-state index in [0.29, 0.717) is 44.8 Å². The van der Waals surface area contributed by atoms with Gasteiger partial charge in [-0.3, -0.25) is 24.1 Å². The molecule has 8 heteroatoms. The number of imide groups is 1. The molecule has 2 amide bonds. The highest BCUT2D eigenvalue weighted by Gasteiger charge is 2.43. The van der Waals surface area contributed by atoms with E-state index in [2.05, 4.69) is 0 Å². The number of nitrogens with zero attached hydrogens (tertiary/aromatic N) is 1. The number of carbonyl (C=O) groups is 5. The van der Waals surface area contributed by atoms with Crippen molar-refractivity contribution in [1.82, 2.24) is 4.90 Å². The molecule has 0 saturated heterocycles. The van der Waals surface area contributed by atoms with Crippen molar-refractivity contribution in [3.05, 3.63) is 29.3 Å². The smallest absolute Gasteiger partial charge is 0.262 e. The summed E-state index contributed by atoms with van der Waals surface area (Å²) in [6.45, 7) is 1.83. The average Bonchev–Trinajstić information content (AvgIpc) is 3.06. The van der Waals surface area contributed by atoms with Crippen molar-refractivity contribution in [1.29, 1.82) is 0 Å². The van der Waals surface area contributed by atoms with Crippen molar-refractivity contribution < 1.29 is 33.4 Å². The summed E-state index contributed by atoms with van der Waals surface area (Å²) in [5, 5.41) is 0. The second-order valence-electron chi connectivity index (χ2n) is 8.78. The van der Waals surface area contributed by atoms with Crippen molar-refractivity contribution in [2.75, 3.05) is 19.8 Å². The standard InChI is InChI=1S/C26H33NO7/c28-14-3-1-4-15-33-16-5-2-6-17-34-20-11-12-21-22(18-20)26(32)27(25(21)31)23-13-10-19(29)8-7-9-24(23)30/h11-12,14,18,23H,1-10,13,15-17H2. The minimum atomic E-state index is -0.881. The molecule has 1 aromatic rings. The van der Waals surface area contributed by atoms with Gasteiger partial charge < -0.3 is 14.3 Å². The second-order valence-corrected chi connectivity index (χ2v) is 8.78. The number of fused-ring (bicyclic) bond motifs is 1. The normalized spacial score (nSPS) is 18.6. The van der Waals surface area contributed by atoms with Crippen molar-refractivity contribution >= 4 is 29.7 Å². The SMILES string of the molecule is O=CCCCCOCCCCCOc1ccc2c(c1)C(=O)N(C1CCC(=O)CCCC1=O)C2=O. The Morgan fingerprint density at radius 2 is 1.59 bits per heavy atom. The molecule has 1 heterocycles. The first-order valence-corrected chi connectivity index (χ1v) is 12.2. The lowest BCUT2D eigenvalue weighted by Crippen LogP contribution is -2.45. The number of hydrogen-bond acceptors (Lipinski definition) is 7. The van der Waals surface area contributed by atoms with E-state index in [1.165, 1.54) is 0 Å². The van der Waals surface area contributed by atoms with Crippen molar-refractivity contribution in [3.8, 4) is 5.75 Å². The van der Waals surface area contributed by atoms with E-state index >= 15 is 0 Å². The summed E-state index contributed by atoms with van der Waals surface area (Å²) in [4.78, 5) is 61.6. The Morgan fingerprint density at radius 1 is 0.853 bits per heavy atom. The molecule has 0 radical (unpaired) electrons. The molecular weight excluding hydrogens is 438 g/mol. The molecule has 34 heavy (non-hydrogen) atoms. The molecule has 0 bridgehead atoms. The van der Waals surface area contributed by atoms with Gasteiger partial charge in [0.05, 0.1) is 23.8 Å². The van der Waals surface area contributed by atoms with Gasteiger partial charge in [-0.25, -0.2) is 0 Å². The number of amides is 2. The molecule has 184 valence electrons. The zero-order chi connectivity index (χ0) is 24.3. The molecule has 1 aliphatic heterocycles. The van der Waals surface area contributed by atoms with Gasteiger partial charge in [0.1, 0.15) is 17.8 Å². The molecule has 8 nitrogen and oxygen atoms in total. The highest BCUT2D eigenvalue weighted by molar-refractivity contribution is 6.23. The minimum absolute atomic E-state index is 0.0611. The molecule has 3 rings (SSSR count). The van der Waals surface area contributed by atoms with Crippen LogP contribution >= 0.6 is 0 Å². The first-order valence-electron chi connectivity index (χ1n) is 12.2. The summed E-state index contributed by atoms with van der Waals surface area (Å²) in [7, 11) is 0. The number of ether oxygens (including phenoxy) is 2. The Labute approximate surface area is 200 Å². The highest BCUT2D eigenvalue weighted by Crippen LogP contribution is 2.31. The Bertz CT molecular complexity index is 910. The van der Waals surface area contributed by atoms with Crippen LogP contribution in [-0.4, -0.2) is 60.4 Å². The predicted molar refractivity (Wildman–Crippen MR) is 124 cm³/mol. The maximum Gasteiger partial charge on any atom is 0.262 e. The number of ketones is 2. The molecule has 1 unspecified atom stereocenters. The van der Waals surface area contributed by atoms with E-state index in [1.54, 1.807) is 18.2 Å². The van der Waals surface area contributed by atoms with Gasteiger partial charge in [0.15, 0.2) is 5.78 Å². The zero-order valence-electron chi connectivity index (χ0n) is 19.6. The minimum Gasteiger partial charge on any atom is -0.494 e. The summed E-state index contributed by atoms with van der Waals surface area (Å²) in [5.74, 6) is -0.576. The number of rotatable bonds is 13. The fraction of sp³-hybridized carbons (Fsp3) is 0.577. The summed E-state index contributed by atoms with van der Waals surface area (Å²) in [6.07, 6.45) is 7.37. The molecular formula is C26H33NO7. The van der Waals surface area contributed by atoms with Crippen LogP contribution in [0, 0.1) is 0 Å². The van der Waals surface area contributed by atoms with E-state index in [4.69, 9.17) is 9.47 Å². The topological polar surface area (TPSA) is 107 Å². The van der Waals surface area contributed by atoms with Gasteiger partial charge in [0, 0.05) is 38.9 Å². The average molecular weight is 472 g/mol. The molecule has 0 N–H and O–H groups in total. The van der Waals surface area contributed by atoms with Crippen LogP contribution < -0.4 is 4.74 Å².